The molecule has 0 radical (unpaired) electrons. The lowest BCUT2D eigenvalue weighted by Gasteiger charge is -2.18. The summed E-state index contributed by atoms with van der Waals surface area (Å²) in [6, 6.07) is 8.03. The van der Waals surface area contributed by atoms with Crippen LogP contribution in [0.4, 0.5) is 13.2 Å². The summed E-state index contributed by atoms with van der Waals surface area (Å²) in [6.07, 6.45) is -3.76. The lowest BCUT2D eigenvalue weighted by atomic mass is 10.0. The van der Waals surface area contributed by atoms with Crippen molar-refractivity contribution in [3.63, 3.8) is 0 Å². The molecular formula is C14H16F3NOS. The van der Waals surface area contributed by atoms with Crippen molar-refractivity contribution in [3.05, 3.63) is 35.2 Å². The van der Waals surface area contributed by atoms with E-state index in [-0.39, 0.29) is 12.6 Å². The van der Waals surface area contributed by atoms with E-state index in [9.17, 15) is 13.2 Å². The number of fused-ring (bicyclic) bond motifs is 1. The number of thiophene rings is 1. The highest BCUT2D eigenvalue weighted by Gasteiger charge is 2.27. The Morgan fingerprint density at radius 1 is 1.30 bits per heavy atom. The van der Waals surface area contributed by atoms with Gasteiger partial charge in [-0.15, -0.1) is 11.3 Å². The predicted molar refractivity (Wildman–Crippen MR) is 75.1 cm³/mol. The molecule has 2 nitrogen and oxygen atoms in total. The second kappa shape index (κ2) is 6.56. The van der Waals surface area contributed by atoms with Gasteiger partial charge >= 0.3 is 6.18 Å². The fourth-order valence-electron chi connectivity index (χ4n) is 2.14. The van der Waals surface area contributed by atoms with E-state index < -0.39 is 12.8 Å². The highest BCUT2D eigenvalue weighted by molar-refractivity contribution is 7.17. The molecule has 1 N–H and O–H groups in total. The molecule has 0 saturated heterocycles. The number of hydrogen-bond donors (Lipinski definition) is 1. The molecule has 0 aliphatic carbocycles. The van der Waals surface area contributed by atoms with Crippen molar-refractivity contribution in [3.8, 4) is 0 Å². The van der Waals surface area contributed by atoms with Crippen LogP contribution in [0, 0.1) is 0 Å². The molecule has 1 aromatic heterocycles. The number of rotatable bonds is 6. The van der Waals surface area contributed by atoms with Crippen molar-refractivity contribution in [2.75, 3.05) is 20.3 Å². The summed E-state index contributed by atoms with van der Waals surface area (Å²) >= 11 is 1.64. The Kier molecular flexibility index (Phi) is 5.01. The first-order valence-electron chi connectivity index (χ1n) is 6.29. The van der Waals surface area contributed by atoms with Gasteiger partial charge in [0.05, 0.1) is 0 Å². The zero-order valence-electron chi connectivity index (χ0n) is 11.0. The van der Waals surface area contributed by atoms with E-state index in [1.165, 1.54) is 4.70 Å². The summed E-state index contributed by atoms with van der Waals surface area (Å²) < 4.78 is 41.9. The molecular weight excluding hydrogens is 287 g/mol. The smallest absolute Gasteiger partial charge is 0.372 e. The highest BCUT2D eigenvalue weighted by atomic mass is 32.1. The van der Waals surface area contributed by atoms with E-state index >= 15 is 0 Å². The summed E-state index contributed by atoms with van der Waals surface area (Å²) in [5.74, 6) is 0. The van der Waals surface area contributed by atoms with Crippen LogP contribution in [0.1, 0.15) is 18.0 Å². The lowest BCUT2D eigenvalue weighted by Crippen LogP contribution is -2.21. The number of hydrogen-bond acceptors (Lipinski definition) is 3. The summed E-state index contributed by atoms with van der Waals surface area (Å²) in [5.41, 5.74) is 1.11. The van der Waals surface area contributed by atoms with Crippen LogP contribution < -0.4 is 5.32 Å². The first kappa shape index (κ1) is 15.3. The van der Waals surface area contributed by atoms with Crippen molar-refractivity contribution in [1.29, 1.82) is 0 Å². The van der Waals surface area contributed by atoms with Crippen LogP contribution in [0.5, 0.6) is 0 Å². The first-order chi connectivity index (χ1) is 9.51. The Labute approximate surface area is 119 Å². The van der Waals surface area contributed by atoms with Crippen molar-refractivity contribution in [1.82, 2.24) is 5.32 Å². The third kappa shape index (κ3) is 3.94. The maximum absolute atomic E-state index is 12.0. The van der Waals surface area contributed by atoms with E-state index in [1.807, 2.05) is 29.6 Å². The molecule has 6 heteroatoms. The maximum atomic E-state index is 12.0. The molecule has 1 unspecified atom stereocenters. The van der Waals surface area contributed by atoms with E-state index in [4.69, 9.17) is 0 Å². The molecule has 0 amide bonds. The van der Waals surface area contributed by atoms with Gasteiger partial charge in [0.25, 0.3) is 0 Å². The summed E-state index contributed by atoms with van der Waals surface area (Å²) in [6.45, 7) is -1.11. The average Bonchev–Trinajstić information content (AvgIpc) is 2.86. The Bertz CT molecular complexity index is 553. The fraction of sp³-hybridized carbons (Fsp3) is 0.429. The molecule has 0 saturated carbocycles. The average molecular weight is 303 g/mol. The van der Waals surface area contributed by atoms with Gasteiger partial charge < -0.3 is 10.1 Å². The van der Waals surface area contributed by atoms with E-state index in [0.29, 0.717) is 6.42 Å². The Hall–Kier alpha value is -1.11. The van der Waals surface area contributed by atoms with Crippen molar-refractivity contribution < 1.29 is 17.9 Å². The van der Waals surface area contributed by atoms with Crippen LogP contribution in [0.25, 0.3) is 10.1 Å². The molecule has 2 rings (SSSR count). The van der Waals surface area contributed by atoms with Gasteiger partial charge in [-0.2, -0.15) is 13.2 Å². The highest BCUT2D eigenvalue weighted by Crippen LogP contribution is 2.30. The second-order valence-corrected chi connectivity index (χ2v) is 5.40. The molecule has 0 spiro atoms. The molecule has 0 bridgehead atoms. The SMILES string of the molecule is CNC(CCOCC(F)(F)F)c1cccc2ccsc12. The fourth-order valence-corrected chi connectivity index (χ4v) is 3.10. The molecule has 1 atom stereocenters. The van der Waals surface area contributed by atoms with Gasteiger partial charge in [0.15, 0.2) is 0 Å². The molecule has 1 aromatic carbocycles. The summed E-state index contributed by atoms with van der Waals surface area (Å²) in [5, 5.41) is 6.31. The van der Waals surface area contributed by atoms with E-state index in [1.54, 1.807) is 18.4 Å². The van der Waals surface area contributed by atoms with Crippen LogP contribution in [-0.4, -0.2) is 26.4 Å². The van der Waals surface area contributed by atoms with Crippen LogP contribution in [-0.2, 0) is 4.74 Å². The number of halogens is 3. The third-order valence-corrected chi connectivity index (χ3v) is 4.03. The number of nitrogens with one attached hydrogen (secondary N) is 1. The number of alkyl halides is 3. The summed E-state index contributed by atoms with van der Waals surface area (Å²) in [4.78, 5) is 0. The molecule has 2 aromatic rings. The van der Waals surface area contributed by atoms with Gasteiger partial charge in [-0.3, -0.25) is 0 Å². The molecule has 110 valence electrons. The van der Waals surface area contributed by atoms with Gasteiger partial charge in [-0.25, -0.2) is 0 Å². The van der Waals surface area contributed by atoms with Gasteiger partial charge in [0.2, 0.25) is 0 Å². The molecule has 20 heavy (non-hydrogen) atoms. The topological polar surface area (TPSA) is 21.3 Å². The predicted octanol–water partition coefficient (Wildman–Crippen LogP) is 4.13. The van der Waals surface area contributed by atoms with E-state index in [0.717, 1.165) is 10.9 Å². The van der Waals surface area contributed by atoms with Gasteiger partial charge in [0.1, 0.15) is 6.61 Å². The van der Waals surface area contributed by atoms with Crippen LogP contribution in [0.2, 0.25) is 0 Å². The molecule has 0 aliphatic heterocycles. The molecule has 0 aliphatic rings. The first-order valence-corrected chi connectivity index (χ1v) is 7.17. The van der Waals surface area contributed by atoms with Crippen molar-refractivity contribution >= 4 is 21.4 Å². The van der Waals surface area contributed by atoms with Gasteiger partial charge in [-0.1, -0.05) is 18.2 Å². The van der Waals surface area contributed by atoms with Crippen molar-refractivity contribution in [2.45, 2.75) is 18.6 Å². The monoisotopic (exact) mass is 303 g/mol. The molecule has 1 heterocycles. The lowest BCUT2D eigenvalue weighted by molar-refractivity contribution is -0.174. The molecule has 0 fully saturated rings. The van der Waals surface area contributed by atoms with E-state index in [2.05, 4.69) is 10.1 Å². The van der Waals surface area contributed by atoms with Gasteiger partial charge in [0, 0.05) is 17.3 Å². The number of benzene rings is 1. The van der Waals surface area contributed by atoms with Crippen LogP contribution in [0.3, 0.4) is 0 Å². The quantitative estimate of drug-likeness (QED) is 0.810. The zero-order valence-corrected chi connectivity index (χ0v) is 11.9. The van der Waals surface area contributed by atoms with Crippen molar-refractivity contribution in [2.24, 2.45) is 0 Å². The second-order valence-electron chi connectivity index (χ2n) is 4.48. The normalized spacial score (nSPS) is 13.8. The largest absolute Gasteiger partial charge is 0.411 e. The minimum atomic E-state index is -4.26. The minimum Gasteiger partial charge on any atom is -0.372 e. The van der Waals surface area contributed by atoms with Gasteiger partial charge in [-0.05, 0) is 35.9 Å². The zero-order chi connectivity index (χ0) is 14.6. The van der Waals surface area contributed by atoms with Crippen LogP contribution >= 0.6 is 11.3 Å². The van der Waals surface area contributed by atoms with Crippen LogP contribution in [0.15, 0.2) is 29.6 Å². The maximum Gasteiger partial charge on any atom is 0.411 e. The Morgan fingerprint density at radius 2 is 2.10 bits per heavy atom. The Balaban J connectivity index is 2.00. The third-order valence-electron chi connectivity index (χ3n) is 3.05. The summed E-state index contributed by atoms with van der Waals surface area (Å²) in [7, 11) is 1.81. The standard InChI is InChI=1S/C14H16F3NOS/c1-18-12(5-7-19-9-14(15,16)17)11-4-2-3-10-6-8-20-13(10)11/h2-4,6,8,12,18H,5,7,9H2,1H3. The number of ether oxygens (including phenoxy) is 1. The Morgan fingerprint density at radius 3 is 2.80 bits per heavy atom. The minimum absolute atomic E-state index is 0.00872.